The molecule has 1 heterocycles. The predicted molar refractivity (Wildman–Crippen MR) is 93.8 cm³/mol. The smallest absolute Gasteiger partial charge is 0.240 e. The lowest BCUT2D eigenvalue weighted by molar-refractivity contribution is -0.136. The fraction of sp³-hybridized carbons (Fsp3) is 0.529. The molecule has 1 aromatic carbocycles. The molecule has 8 heteroatoms. The molecular formula is C17H20ClN3O3S. The van der Waals surface area contributed by atoms with Crippen molar-refractivity contribution in [3.05, 3.63) is 29.3 Å². The molecule has 1 aliphatic heterocycles. The van der Waals surface area contributed by atoms with Gasteiger partial charge in [0.1, 0.15) is 5.54 Å². The maximum atomic E-state index is 12.9. The Morgan fingerprint density at radius 1 is 1.40 bits per heavy atom. The number of hydrogen-bond acceptors (Lipinski definition) is 5. The van der Waals surface area contributed by atoms with Crippen molar-refractivity contribution in [2.24, 2.45) is 0 Å². The molecule has 0 radical (unpaired) electrons. The number of likely N-dealkylation sites (tertiary alicyclic amines) is 1. The number of benzene rings is 1. The van der Waals surface area contributed by atoms with E-state index in [1.54, 1.807) is 37.2 Å². The van der Waals surface area contributed by atoms with Crippen LogP contribution in [-0.2, 0) is 14.6 Å². The zero-order chi connectivity index (χ0) is 18.4. The van der Waals surface area contributed by atoms with E-state index in [4.69, 9.17) is 11.6 Å². The van der Waals surface area contributed by atoms with E-state index >= 15 is 0 Å². The van der Waals surface area contributed by atoms with Crippen molar-refractivity contribution in [2.75, 3.05) is 20.6 Å². The first-order chi connectivity index (χ1) is 11.7. The molecule has 1 saturated carbocycles. The van der Waals surface area contributed by atoms with E-state index in [0.717, 1.165) is 0 Å². The average molecular weight is 382 g/mol. The van der Waals surface area contributed by atoms with Crippen LogP contribution in [0.25, 0.3) is 0 Å². The molecule has 1 aromatic rings. The molecule has 1 saturated heterocycles. The number of halogens is 1. The molecule has 1 amide bonds. The summed E-state index contributed by atoms with van der Waals surface area (Å²) in [6, 6.07) is 8.01. The molecule has 25 heavy (non-hydrogen) atoms. The van der Waals surface area contributed by atoms with Gasteiger partial charge in [0, 0.05) is 13.6 Å². The molecule has 0 spiro atoms. The van der Waals surface area contributed by atoms with Gasteiger partial charge in [-0.2, -0.15) is 5.26 Å². The van der Waals surface area contributed by atoms with Gasteiger partial charge in [-0.15, -0.1) is 0 Å². The van der Waals surface area contributed by atoms with Gasteiger partial charge < -0.3 is 4.90 Å². The Morgan fingerprint density at radius 2 is 2.04 bits per heavy atom. The van der Waals surface area contributed by atoms with Gasteiger partial charge in [0.25, 0.3) is 0 Å². The maximum absolute atomic E-state index is 12.9. The highest BCUT2D eigenvalue weighted by Crippen LogP contribution is 2.41. The largest absolute Gasteiger partial charge is 0.326 e. The molecule has 3 rings (SSSR count). The van der Waals surface area contributed by atoms with Crippen LogP contribution in [0.2, 0.25) is 5.02 Å². The number of likely N-dealkylation sites (N-methyl/N-ethyl adjacent to an activating group) is 2. The van der Waals surface area contributed by atoms with E-state index in [1.165, 1.54) is 11.0 Å². The zero-order valence-electron chi connectivity index (χ0n) is 14.1. The van der Waals surface area contributed by atoms with Crippen molar-refractivity contribution in [1.29, 1.82) is 5.26 Å². The highest BCUT2D eigenvalue weighted by Gasteiger charge is 2.52. The first-order valence-corrected chi connectivity index (χ1v) is 10.0. The molecule has 0 N–H and O–H groups in total. The highest BCUT2D eigenvalue weighted by atomic mass is 35.5. The zero-order valence-corrected chi connectivity index (χ0v) is 15.7. The number of nitriles is 1. The summed E-state index contributed by atoms with van der Waals surface area (Å²) in [5.74, 6) is -0.196. The molecular weight excluding hydrogens is 362 g/mol. The van der Waals surface area contributed by atoms with Gasteiger partial charge in [0.15, 0.2) is 9.84 Å². The van der Waals surface area contributed by atoms with Crippen molar-refractivity contribution in [1.82, 2.24) is 9.80 Å². The van der Waals surface area contributed by atoms with Gasteiger partial charge in [-0.3, -0.25) is 9.69 Å². The van der Waals surface area contributed by atoms with Crippen LogP contribution in [0.1, 0.15) is 19.3 Å². The minimum atomic E-state index is -3.63. The highest BCUT2D eigenvalue weighted by molar-refractivity contribution is 7.92. The topological polar surface area (TPSA) is 81.5 Å². The Bertz CT molecular complexity index is 845. The summed E-state index contributed by atoms with van der Waals surface area (Å²) in [4.78, 5) is 16.1. The van der Waals surface area contributed by atoms with Crippen molar-refractivity contribution in [3.63, 3.8) is 0 Å². The van der Waals surface area contributed by atoms with Crippen molar-refractivity contribution < 1.29 is 13.2 Å². The molecule has 0 bridgehead atoms. The van der Waals surface area contributed by atoms with Crippen LogP contribution in [0.3, 0.4) is 0 Å². The lowest BCUT2D eigenvalue weighted by Gasteiger charge is -2.28. The van der Waals surface area contributed by atoms with Crippen LogP contribution in [0, 0.1) is 11.3 Å². The van der Waals surface area contributed by atoms with E-state index < -0.39 is 26.7 Å². The SMILES string of the molecule is CN1CC(S(=O)(=O)c2ccccc2Cl)C[C@H]1C(=O)N(C)C1(C#N)CC1. The van der Waals surface area contributed by atoms with E-state index in [-0.39, 0.29) is 28.8 Å². The third kappa shape index (κ3) is 3.03. The average Bonchev–Trinajstić information content (AvgIpc) is 3.29. The van der Waals surface area contributed by atoms with Crippen LogP contribution in [0.5, 0.6) is 0 Å². The second kappa shape index (κ2) is 6.27. The van der Waals surface area contributed by atoms with E-state index in [2.05, 4.69) is 6.07 Å². The Kier molecular flexibility index (Phi) is 4.56. The molecule has 2 fully saturated rings. The van der Waals surface area contributed by atoms with Crippen LogP contribution in [0.4, 0.5) is 0 Å². The summed E-state index contributed by atoms with van der Waals surface area (Å²) in [6.45, 7) is 0.261. The molecule has 1 unspecified atom stereocenters. The third-order valence-electron chi connectivity index (χ3n) is 5.28. The van der Waals surface area contributed by atoms with Crippen LogP contribution >= 0.6 is 11.6 Å². The summed E-state index contributed by atoms with van der Waals surface area (Å²) in [6.07, 6.45) is 1.54. The first kappa shape index (κ1) is 18.2. The first-order valence-electron chi connectivity index (χ1n) is 8.10. The fourth-order valence-electron chi connectivity index (χ4n) is 3.40. The van der Waals surface area contributed by atoms with E-state index in [0.29, 0.717) is 12.8 Å². The Labute approximate surface area is 152 Å². The minimum Gasteiger partial charge on any atom is -0.326 e. The van der Waals surface area contributed by atoms with E-state index in [1.807, 2.05) is 0 Å². The normalized spacial score (nSPS) is 25.4. The monoisotopic (exact) mass is 381 g/mol. The lowest BCUT2D eigenvalue weighted by atomic mass is 10.1. The summed E-state index contributed by atoms with van der Waals surface area (Å²) in [5.41, 5.74) is -0.711. The number of nitrogens with zero attached hydrogens (tertiary/aromatic N) is 3. The number of rotatable bonds is 4. The fourth-order valence-corrected chi connectivity index (χ4v) is 5.69. The summed E-state index contributed by atoms with van der Waals surface area (Å²) in [5, 5.41) is 8.77. The number of carbonyl (C=O) groups excluding carboxylic acids is 1. The van der Waals surface area contributed by atoms with Gasteiger partial charge >= 0.3 is 0 Å². The molecule has 134 valence electrons. The summed E-state index contributed by atoms with van der Waals surface area (Å²) < 4.78 is 25.8. The number of carbonyl (C=O) groups is 1. The van der Waals surface area contributed by atoms with Crippen molar-refractivity contribution in [2.45, 2.75) is 41.0 Å². The second-order valence-electron chi connectivity index (χ2n) is 6.83. The Hall–Kier alpha value is -1.62. The number of hydrogen-bond donors (Lipinski definition) is 0. The predicted octanol–water partition coefficient (Wildman–Crippen LogP) is 1.70. The molecule has 2 atom stereocenters. The minimum absolute atomic E-state index is 0.104. The van der Waals surface area contributed by atoms with E-state index in [9.17, 15) is 18.5 Å². The Morgan fingerprint density at radius 3 is 2.60 bits per heavy atom. The third-order valence-corrected chi connectivity index (χ3v) is 7.91. The van der Waals surface area contributed by atoms with Crippen molar-refractivity contribution in [3.8, 4) is 6.07 Å². The summed E-state index contributed by atoms with van der Waals surface area (Å²) in [7, 11) is -0.261. The van der Waals surface area contributed by atoms with Gasteiger partial charge in [-0.1, -0.05) is 23.7 Å². The molecule has 1 aliphatic carbocycles. The van der Waals surface area contributed by atoms with Crippen LogP contribution < -0.4 is 0 Å². The Balaban J connectivity index is 1.81. The summed E-state index contributed by atoms with van der Waals surface area (Å²) >= 11 is 6.06. The number of amides is 1. The van der Waals surface area contributed by atoms with Gasteiger partial charge in [-0.05, 0) is 38.4 Å². The van der Waals surface area contributed by atoms with Crippen LogP contribution in [0.15, 0.2) is 29.2 Å². The second-order valence-corrected chi connectivity index (χ2v) is 9.43. The maximum Gasteiger partial charge on any atom is 0.240 e. The lowest BCUT2D eigenvalue weighted by Crippen LogP contribution is -2.47. The van der Waals surface area contributed by atoms with Gasteiger partial charge in [0.2, 0.25) is 5.91 Å². The number of sulfone groups is 1. The molecule has 6 nitrogen and oxygen atoms in total. The molecule has 2 aliphatic rings. The standard InChI is InChI=1S/C17H20ClN3O3S/c1-20-10-12(25(23,24)15-6-4-3-5-13(15)18)9-14(20)16(22)21(2)17(11-19)7-8-17/h3-6,12,14H,7-10H2,1-2H3/t12?,14-/m0/s1. The van der Waals surface area contributed by atoms with Crippen LogP contribution in [-0.4, -0.2) is 61.6 Å². The quantitative estimate of drug-likeness (QED) is 0.792. The molecule has 0 aromatic heterocycles. The van der Waals surface area contributed by atoms with Crippen molar-refractivity contribution >= 4 is 27.3 Å². The van der Waals surface area contributed by atoms with Gasteiger partial charge in [0.05, 0.1) is 27.3 Å². The van der Waals surface area contributed by atoms with Gasteiger partial charge in [-0.25, -0.2) is 8.42 Å².